The molecule has 1 saturated heterocycles. The fourth-order valence-electron chi connectivity index (χ4n) is 6.70. The molecule has 2 N–H and O–H groups in total. The number of cyclic esters (lactones) is 1. The number of pyridine rings is 1. The molecule has 9 heteroatoms. The van der Waals surface area contributed by atoms with E-state index in [1.54, 1.807) is 6.07 Å². The largest absolute Gasteiger partial charge is 0.457 e. The Kier molecular flexibility index (Phi) is 7.10. The van der Waals surface area contributed by atoms with Crippen LogP contribution in [0.15, 0.2) is 84.9 Å². The number of hydrogen-bond donors (Lipinski definition) is 2. The maximum atomic E-state index is 13.0. The molecular weight excluding hydrogens is 576 g/mol. The Morgan fingerprint density at radius 2 is 1.74 bits per heavy atom. The van der Waals surface area contributed by atoms with Crippen LogP contribution >= 0.6 is 0 Å². The highest BCUT2D eigenvalue weighted by Gasteiger charge is 2.27. The number of aryl methyl sites for hydroxylation is 1. The summed E-state index contributed by atoms with van der Waals surface area (Å²) in [6.45, 7) is 5.52. The first-order valence-corrected chi connectivity index (χ1v) is 15.8. The number of carbonyl (C=O) groups is 2. The Hall–Kier alpha value is -5.28. The van der Waals surface area contributed by atoms with Crippen molar-refractivity contribution in [1.29, 1.82) is 0 Å². The highest BCUT2D eigenvalue weighted by molar-refractivity contribution is 5.97. The summed E-state index contributed by atoms with van der Waals surface area (Å²) in [4.78, 5) is 32.5. The third kappa shape index (κ3) is 5.32. The Balaban J connectivity index is 0.960. The van der Waals surface area contributed by atoms with E-state index >= 15 is 0 Å². The summed E-state index contributed by atoms with van der Waals surface area (Å²) in [5.41, 5.74) is 9.56. The Morgan fingerprint density at radius 1 is 0.935 bits per heavy atom. The van der Waals surface area contributed by atoms with Crippen LogP contribution in [0.1, 0.15) is 45.6 Å². The van der Waals surface area contributed by atoms with Crippen LogP contribution in [0.3, 0.4) is 0 Å². The van der Waals surface area contributed by atoms with Gasteiger partial charge in [0.25, 0.3) is 0 Å². The van der Waals surface area contributed by atoms with Crippen molar-refractivity contribution in [2.45, 2.75) is 39.5 Å². The van der Waals surface area contributed by atoms with Crippen LogP contribution in [-0.4, -0.2) is 44.6 Å². The van der Waals surface area contributed by atoms with Crippen LogP contribution in [0.25, 0.3) is 28.2 Å². The Morgan fingerprint density at radius 3 is 2.54 bits per heavy atom. The molecule has 0 atom stereocenters. The van der Waals surface area contributed by atoms with E-state index in [1.165, 1.54) is 5.56 Å². The lowest BCUT2D eigenvalue weighted by Gasteiger charge is -2.31. The Labute approximate surface area is 267 Å². The summed E-state index contributed by atoms with van der Waals surface area (Å²) >= 11 is 0. The van der Waals surface area contributed by atoms with Crippen molar-refractivity contribution in [3.8, 4) is 28.2 Å². The Bertz CT molecular complexity index is 1960. The fraction of sp³-hybridized carbons (Fsp3) is 0.243. The number of nitrogens with one attached hydrogen (secondary N) is 2. The maximum absolute atomic E-state index is 13.0. The smallest absolute Gasteiger partial charge is 0.338 e. The van der Waals surface area contributed by atoms with Gasteiger partial charge < -0.3 is 15.4 Å². The predicted molar refractivity (Wildman–Crippen MR) is 176 cm³/mol. The molecule has 0 bridgehead atoms. The van der Waals surface area contributed by atoms with Crippen molar-refractivity contribution < 1.29 is 14.3 Å². The van der Waals surface area contributed by atoms with Crippen molar-refractivity contribution in [2.75, 3.05) is 23.7 Å². The maximum Gasteiger partial charge on any atom is 0.338 e. The van der Waals surface area contributed by atoms with E-state index in [0.717, 1.165) is 83.3 Å². The van der Waals surface area contributed by atoms with Crippen LogP contribution < -0.4 is 10.6 Å². The van der Waals surface area contributed by atoms with Crippen molar-refractivity contribution >= 4 is 23.4 Å². The van der Waals surface area contributed by atoms with Crippen molar-refractivity contribution in [3.05, 3.63) is 113 Å². The number of esters is 1. The lowest BCUT2D eigenvalue weighted by Crippen LogP contribution is -2.37. The highest BCUT2D eigenvalue weighted by atomic mass is 16.5. The average molecular weight is 611 g/mol. The van der Waals surface area contributed by atoms with Gasteiger partial charge in [-0.2, -0.15) is 9.78 Å². The number of likely N-dealkylation sites (tertiary alicyclic amines) is 1. The van der Waals surface area contributed by atoms with Gasteiger partial charge in [-0.05, 0) is 62.2 Å². The van der Waals surface area contributed by atoms with E-state index < -0.39 is 0 Å². The molecule has 46 heavy (non-hydrogen) atoms. The van der Waals surface area contributed by atoms with Crippen LogP contribution in [-0.2, 0) is 29.2 Å². The number of nitrogens with zero attached hydrogens (tertiary/aromatic N) is 4. The quantitative estimate of drug-likeness (QED) is 0.216. The molecule has 3 aromatic carbocycles. The molecule has 8 rings (SSSR count). The van der Waals surface area contributed by atoms with Crippen LogP contribution in [0.4, 0.5) is 11.5 Å². The van der Waals surface area contributed by atoms with Gasteiger partial charge in [-0.25, -0.2) is 9.78 Å². The van der Waals surface area contributed by atoms with Crippen molar-refractivity contribution in [1.82, 2.24) is 19.7 Å². The van der Waals surface area contributed by atoms with Gasteiger partial charge in [0.05, 0.1) is 17.0 Å². The minimum absolute atomic E-state index is 0.00950. The van der Waals surface area contributed by atoms with Gasteiger partial charge in [0.2, 0.25) is 5.91 Å². The number of hydrogen-bond acceptors (Lipinski definition) is 7. The highest BCUT2D eigenvalue weighted by Crippen LogP contribution is 2.36. The minimum atomic E-state index is -0.330. The van der Waals surface area contributed by atoms with Crippen molar-refractivity contribution in [3.63, 3.8) is 0 Å². The first kappa shape index (κ1) is 28.2. The summed E-state index contributed by atoms with van der Waals surface area (Å²) in [6.07, 6.45) is 1.58. The van der Waals surface area contributed by atoms with Gasteiger partial charge >= 0.3 is 5.97 Å². The second kappa shape index (κ2) is 11.6. The van der Waals surface area contributed by atoms with Crippen LogP contribution in [0.2, 0.25) is 0 Å². The van der Waals surface area contributed by atoms with E-state index in [2.05, 4.69) is 70.1 Å². The van der Waals surface area contributed by atoms with Crippen LogP contribution in [0.5, 0.6) is 0 Å². The minimum Gasteiger partial charge on any atom is -0.457 e. The number of piperidine rings is 1. The average Bonchev–Trinajstić information content (AvgIpc) is 3.66. The van der Waals surface area contributed by atoms with E-state index in [0.29, 0.717) is 24.4 Å². The summed E-state index contributed by atoms with van der Waals surface area (Å²) < 4.78 is 6.99. The molecule has 1 fully saturated rings. The molecule has 1 amide bonds. The molecule has 3 aliphatic rings. The number of benzene rings is 3. The molecule has 0 aliphatic carbocycles. The molecule has 0 saturated carbocycles. The number of ether oxygens (including phenoxy) is 1. The van der Waals surface area contributed by atoms with Gasteiger partial charge in [0.1, 0.15) is 12.4 Å². The number of amides is 1. The molecule has 5 aromatic rings. The molecule has 2 aromatic heterocycles. The zero-order valence-corrected chi connectivity index (χ0v) is 25.6. The molecule has 3 aliphatic heterocycles. The molecular formula is C37H34N6O3. The molecule has 230 valence electrons. The molecule has 5 heterocycles. The molecule has 0 spiro atoms. The first-order valence-electron chi connectivity index (χ1n) is 15.8. The van der Waals surface area contributed by atoms with Gasteiger partial charge in [0.15, 0.2) is 5.82 Å². The van der Waals surface area contributed by atoms with E-state index in [-0.39, 0.29) is 17.8 Å². The number of anilines is 2. The van der Waals surface area contributed by atoms with Gasteiger partial charge in [-0.1, -0.05) is 60.7 Å². The van der Waals surface area contributed by atoms with Gasteiger partial charge in [-0.3, -0.25) is 9.69 Å². The third-order valence-corrected chi connectivity index (χ3v) is 9.20. The lowest BCUT2D eigenvalue weighted by atomic mass is 9.94. The summed E-state index contributed by atoms with van der Waals surface area (Å²) in [7, 11) is 0. The summed E-state index contributed by atoms with van der Waals surface area (Å²) in [5.74, 6) is 1.45. The number of aromatic nitrogens is 3. The SMILES string of the molecule is Cc1cc2n(n1)-c1nc(-c3ccc(CN4CCC(C(=O)Nc5ccc6c(c5)C(=O)OC6)CC4)cc3)c(-c3ccccc3)cc1CN2. The summed E-state index contributed by atoms with van der Waals surface area (Å²) in [6, 6.07) is 28.8. The second-order valence-electron chi connectivity index (χ2n) is 12.4. The topological polar surface area (TPSA) is 101 Å². The van der Waals surface area contributed by atoms with E-state index in [1.807, 2.05) is 35.9 Å². The number of carbonyl (C=O) groups excluding carboxylic acids is 2. The second-order valence-corrected chi connectivity index (χ2v) is 12.4. The monoisotopic (exact) mass is 610 g/mol. The van der Waals surface area contributed by atoms with Crippen LogP contribution in [0, 0.1) is 12.8 Å². The predicted octanol–water partition coefficient (Wildman–Crippen LogP) is 6.36. The first-order chi connectivity index (χ1) is 22.5. The van der Waals surface area contributed by atoms with Gasteiger partial charge in [0, 0.05) is 53.0 Å². The zero-order valence-electron chi connectivity index (χ0n) is 25.6. The van der Waals surface area contributed by atoms with E-state index in [9.17, 15) is 9.59 Å². The normalized spacial score (nSPS) is 15.8. The van der Waals surface area contributed by atoms with Crippen molar-refractivity contribution in [2.24, 2.45) is 5.92 Å². The molecule has 0 radical (unpaired) electrons. The zero-order chi connectivity index (χ0) is 31.2. The lowest BCUT2D eigenvalue weighted by molar-refractivity contribution is -0.121. The third-order valence-electron chi connectivity index (χ3n) is 9.20. The standard InChI is InChI=1S/C37H34N6O3/c1-23-17-33-38-20-29-18-31(25-5-3-2-4-6-25)34(40-35(29)43(33)41-23)26-9-7-24(8-10-26)21-42-15-13-27(14-16-42)36(44)39-30-12-11-28-22-46-37(45)32(28)19-30/h2-12,17-19,27,38H,13-16,20-22H2,1H3,(H,39,44). The number of fused-ring (bicyclic) bond motifs is 4. The summed E-state index contributed by atoms with van der Waals surface area (Å²) in [5, 5.41) is 11.2. The molecule has 9 nitrogen and oxygen atoms in total. The van der Waals surface area contributed by atoms with Gasteiger partial charge in [-0.15, -0.1) is 0 Å². The molecule has 0 unspecified atom stereocenters. The number of rotatable bonds is 6. The van der Waals surface area contributed by atoms with E-state index in [4.69, 9.17) is 14.8 Å². The fourth-order valence-corrected chi connectivity index (χ4v) is 6.70.